The molecule has 88 valence electrons. The molecule has 0 bridgehead atoms. The molecule has 0 aliphatic heterocycles. The first-order chi connectivity index (χ1) is 8.31. The second-order valence-corrected chi connectivity index (χ2v) is 4.64. The molecule has 2 heteroatoms. The van der Waals surface area contributed by atoms with Crippen molar-refractivity contribution >= 4 is 5.69 Å². The molecule has 1 aromatic rings. The molecule has 1 unspecified atom stereocenters. The topological polar surface area (TPSA) is 35.8 Å². The summed E-state index contributed by atoms with van der Waals surface area (Å²) in [6.07, 6.45) is 8.10. The second-order valence-electron chi connectivity index (χ2n) is 4.64. The average molecular weight is 226 g/mol. The normalized spacial score (nSPS) is 18.7. The lowest BCUT2D eigenvalue weighted by Gasteiger charge is -2.20. The number of anilines is 1. The second kappa shape index (κ2) is 5.54. The van der Waals surface area contributed by atoms with Gasteiger partial charge < -0.3 is 5.32 Å². The molecule has 0 saturated heterocycles. The van der Waals surface area contributed by atoms with E-state index in [0.29, 0.717) is 5.92 Å². The molecule has 0 amide bonds. The van der Waals surface area contributed by atoms with Gasteiger partial charge in [-0.25, -0.2) is 0 Å². The Morgan fingerprint density at radius 2 is 2.29 bits per heavy atom. The summed E-state index contributed by atoms with van der Waals surface area (Å²) >= 11 is 0. The molecule has 1 N–H and O–H groups in total. The Hall–Kier alpha value is -1.75. The van der Waals surface area contributed by atoms with Crippen molar-refractivity contribution in [1.29, 1.82) is 5.26 Å². The zero-order chi connectivity index (χ0) is 12.1. The molecular weight excluding hydrogens is 208 g/mol. The minimum absolute atomic E-state index is 0.700. The summed E-state index contributed by atoms with van der Waals surface area (Å²) in [5.41, 5.74) is 2.90. The Balaban J connectivity index is 2.03. The minimum atomic E-state index is 0.700. The van der Waals surface area contributed by atoms with Gasteiger partial charge in [-0.2, -0.15) is 5.26 Å². The largest absolute Gasteiger partial charge is 0.383 e. The van der Waals surface area contributed by atoms with Crippen molar-refractivity contribution in [2.75, 3.05) is 11.9 Å². The van der Waals surface area contributed by atoms with Crippen LogP contribution in [0.3, 0.4) is 0 Å². The van der Waals surface area contributed by atoms with E-state index in [1.54, 1.807) is 0 Å². The van der Waals surface area contributed by atoms with Gasteiger partial charge in [0.25, 0.3) is 0 Å². The van der Waals surface area contributed by atoms with Gasteiger partial charge in [0.05, 0.1) is 11.3 Å². The number of para-hydroxylation sites is 1. The van der Waals surface area contributed by atoms with Crippen LogP contribution in [0.15, 0.2) is 30.4 Å². The van der Waals surface area contributed by atoms with Gasteiger partial charge in [0.2, 0.25) is 0 Å². The fourth-order valence-corrected chi connectivity index (χ4v) is 2.28. The Labute approximate surface area is 103 Å². The van der Waals surface area contributed by atoms with Crippen molar-refractivity contribution in [3.8, 4) is 6.07 Å². The number of hydrogen-bond donors (Lipinski definition) is 1. The monoisotopic (exact) mass is 226 g/mol. The van der Waals surface area contributed by atoms with E-state index >= 15 is 0 Å². The summed E-state index contributed by atoms with van der Waals surface area (Å²) in [7, 11) is 0. The predicted octanol–water partition coefficient (Wildman–Crippen LogP) is 3.63. The number of hydrogen-bond acceptors (Lipinski definition) is 2. The lowest BCUT2D eigenvalue weighted by molar-refractivity contribution is 0.504. The molecule has 2 nitrogen and oxygen atoms in total. The highest BCUT2D eigenvalue weighted by molar-refractivity contribution is 5.62. The van der Waals surface area contributed by atoms with Crippen molar-refractivity contribution in [2.45, 2.75) is 26.2 Å². The lowest BCUT2D eigenvalue weighted by atomic mass is 9.94. The van der Waals surface area contributed by atoms with Crippen molar-refractivity contribution in [2.24, 2.45) is 5.92 Å². The first-order valence-electron chi connectivity index (χ1n) is 6.20. The van der Waals surface area contributed by atoms with E-state index in [9.17, 15) is 0 Å². The molecule has 0 heterocycles. The fourth-order valence-electron chi connectivity index (χ4n) is 2.28. The maximum atomic E-state index is 9.08. The molecule has 0 radical (unpaired) electrons. The van der Waals surface area contributed by atoms with E-state index in [1.165, 1.54) is 12.8 Å². The lowest BCUT2D eigenvalue weighted by Crippen LogP contribution is -2.16. The van der Waals surface area contributed by atoms with Crippen LogP contribution in [0.2, 0.25) is 0 Å². The van der Waals surface area contributed by atoms with Gasteiger partial charge >= 0.3 is 0 Å². The predicted molar refractivity (Wildman–Crippen MR) is 70.9 cm³/mol. The molecule has 0 fully saturated rings. The van der Waals surface area contributed by atoms with Crippen molar-refractivity contribution in [3.63, 3.8) is 0 Å². The smallest absolute Gasteiger partial charge is 0.101 e. The highest BCUT2D eigenvalue weighted by atomic mass is 14.9. The summed E-state index contributed by atoms with van der Waals surface area (Å²) in [5.74, 6) is 0.700. The number of rotatable bonds is 3. The van der Waals surface area contributed by atoms with E-state index in [2.05, 4.69) is 23.5 Å². The van der Waals surface area contributed by atoms with Gasteiger partial charge in [-0.05, 0) is 43.7 Å². The SMILES string of the molecule is Cc1cccc(C#N)c1NCC1CC=CCC1. The molecular formula is C15H18N2. The summed E-state index contributed by atoms with van der Waals surface area (Å²) in [5, 5.41) is 12.5. The number of nitrogens with zero attached hydrogens (tertiary/aromatic N) is 1. The number of aryl methyl sites for hydroxylation is 1. The Kier molecular flexibility index (Phi) is 3.82. The van der Waals surface area contributed by atoms with Gasteiger partial charge in [-0.3, -0.25) is 0 Å². The molecule has 0 aromatic heterocycles. The minimum Gasteiger partial charge on any atom is -0.383 e. The zero-order valence-electron chi connectivity index (χ0n) is 10.2. The van der Waals surface area contributed by atoms with Gasteiger partial charge in [0.15, 0.2) is 0 Å². The Morgan fingerprint density at radius 1 is 1.41 bits per heavy atom. The third-order valence-corrected chi connectivity index (χ3v) is 3.34. The number of allylic oxidation sites excluding steroid dienone is 2. The molecule has 0 spiro atoms. The Morgan fingerprint density at radius 3 is 3.00 bits per heavy atom. The molecule has 1 aliphatic carbocycles. The molecule has 1 aromatic carbocycles. The van der Waals surface area contributed by atoms with E-state index in [0.717, 1.165) is 29.8 Å². The summed E-state index contributed by atoms with van der Waals surface area (Å²) < 4.78 is 0. The van der Waals surface area contributed by atoms with E-state index in [1.807, 2.05) is 25.1 Å². The summed E-state index contributed by atoms with van der Waals surface area (Å²) in [6.45, 7) is 3.01. The zero-order valence-corrected chi connectivity index (χ0v) is 10.2. The number of nitriles is 1. The number of benzene rings is 1. The van der Waals surface area contributed by atoms with Crippen LogP contribution in [0, 0.1) is 24.2 Å². The van der Waals surface area contributed by atoms with Crippen LogP contribution in [0.25, 0.3) is 0 Å². The molecule has 1 aliphatic rings. The maximum absolute atomic E-state index is 9.08. The Bertz CT molecular complexity index is 454. The number of nitrogens with one attached hydrogen (secondary N) is 1. The van der Waals surface area contributed by atoms with Crippen molar-refractivity contribution < 1.29 is 0 Å². The third-order valence-electron chi connectivity index (χ3n) is 3.34. The standard InChI is InChI=1S/C15H18N2/c1-12-6-5-9-14(10-16)15(12)17-11-13-7-3-2-4-8-13/h2-3,5-6,9,13,17H,4,7-8,11H2,1H3. The van der Waals surface area contributed by atoms with Crippen LogP contribution in [0.1, 0.15) is 30.4 Å². The average Bonchev–Trinajstić information content (AvgIpc) is 2.38. The van der Waals surface area contributed by atoms with Crippen LogP contribution < -0.4 is 5.32 Å². The first kappa shape index (κ1) is 11.7. The van der Waals surface area contributed by atoms with Gasteiger partial charge in [-0.15, -0.1) is 0 Å². The van der Waals surface area contributed by atoms with Gasteiger partial charge in [0.1, 0.15) is 6.07 Å². The quantitative estimate of drug-likeness (QED) is 0.799. The van der Waals surface area contributed by atoms with Crippen molar-refractivity contribution in [1.82, 2.24) is 0 Å². The van der Waals surface area contributed by atoms with Gasteiger partial charge in [0, 0.05) is 6.54 Å². The third kappa shape index (κ3) is 2.88. The fraction of sp³-hybridized carbons (Fsp3) is 0.400. The first-order valence-corrected chi connectivity index (χ1v) is 6.20. The van der Waals surface area contributed by atoms with Gasteiger partial charge in [-0.1, -0.05) is 24.3 Å². The summed E-state index contributed by atoms with van der Waals surface area (Å²) in [6, 6.07) is 8.10. The maximum Gasteiger partial charge on any atom is 0.101 e. The highest BCUT2D eigenvalue weighted by Crippen LogP contribution is 2.23. The van der Waals surface area contributed by atoms with Crippen LogP contribution in [-0.4, -0.2) is 6.54 Å². The van der Waals surface area contributed by atoms with E-state index in [4.69, 9.17) is 5.26 Å². The highest BCUT2D eigenvalue weighted by Gasteiger charge is 2.11. The van der Waals surface area contributed by atoms with E-state index < -0.39 is 0 Å². The molecule has 17 heavy (non-hydrogen) atoms. The molecule has 2 rings (SSSR count). The molecule has 0 saturated carbocycles. The van der Waals surface area contributed by atoms with Crippen molar-refractivity contribution in [3.05, 3.63) is 41.5 Å². The van der Waals surface area contributed by atoms with Crippen LogP contribution in [-0.2, 0) is 0 Å². The van der Waals surface area contributed by atoms with Crippen LogP contribution >= 0.6 is 0 Å². The molecule has 1 atom stereocenters. The van der Waals surface area contributed by atoms with Crippen LogP contribution in [0.4, 0.5) is 5.69 Å². The van der Waals surface area contributed by atoms with E-state index in [-0.39, 0.29) is 0 Å². The summed E-state index contributed by atoms with van der Waals surface area (Å²) in [4.78, 5) is 0. The van der Waals surface area contributed by atoms with Crippen LogP contribution in [0.5, 0.6) is 0 Å².